The van der Waals surface area contributed by atoms with Crippen LogP contribution in [-0.2, 0) is 0 Å². The molecule has 3 rings (SSSR count). The Morgan fingerprint density at radius 3 is 2.57 bits per heavy atom. The van der Waals surface area contributed by atoms with E-state index in [0.717, 1.165) is 34.4 Å². The number of carbonyl (C=O) groups excluding carboxylic acids is 1. The van der Waals surface area contributed by atoms with Crippen molar-refractivity contribution in [2.75, 3.05) is 25.0 Å². The summed E-state index contributed by atoms with van der Waals surface area (Å²) >= 11 is 0. The summed E-state index contributed by atoms with van der Waals surface area (Å²) in [6.45, 7) is 3.30. The molecule has 2 N–H and O–H groups in total. The number of nitrogens with one attached hydrogen (secondary N) is 2. The predicted octanol–water partition coefficient (Wildman–Crippen LogP) is 3.34. The van der Waals surface area contributed by atoms with Crippen LogP contribution in [0.25, 0.3) is 10.9 Å². The molecule has 0 aliphatic rings. The van der Waals surface area contributed by atoms with E-state index in [-0.39, 0.29) is 5.91 Å². The van der Waals surface area contributed by atoms with Gasteiger partial charge in [-0.3, -0.25) is 4.79 Å². The highest BCUT2D eigenvalue weighted by Gasteiger charge is 2.15. The van der Waals surface area contributed by atoms with Crippen molar-refractivity contribution in [3.63, 3.8) is 0 Å². The van der Waals surface area contributed by atoms with Crippen molar-refractivity contribution in [2.24, 2.45) is 0 Å². The number of H-pyrrole nitrogens is 1. The highest BCUT2D eigenvalue weighted by atomic mass is 16.1. The molecule has 0 saturated carbocycles. The Labute approximate surface area is 136 Å². The zero-order chi connectivity index (χ0) is 16.2. The number of aromatic amines is 1. The molecule has 0 bridgehead atoms. The molecule has 118 valence electrons. The molecule has 1 amide bonds. The molecule has 0 spiro atoms. The molecule has 4 nitrogen and oxygen atoms in total. The van der Waals surface area contributed by atoms with E-state index in [1.807, 2.05) is 56.4 Å². The summed E-state index contributed by atoms with van der Waals surface area (Å²) in [6.07, 6.45) is 0. The lowest BCUT2D eigenvalue weighted by Crippen LogP contribution is -2.33. The van der Waals surface area contributed by atoms with Crippen LogP contribution in [0.2, 0.25) is 0 Å². The molecule has 4 heteroatoms. The van der Waals surface area contributed by atoms with E-state index in [0.29, 0.717) is 6.54 Å². The van der Waals surface area contributed by atoms with Gasteiger partial charge in [0, 0.05) is 42.4 Å². The lowest BCUT2D eigenvalue weighted by atomic mass is 10.1. The van der Waals surface area contributed by atoms with Gasteiger partial charge in [-0.15, -0.1) is 0 Å². The summed E-state index contributed by atoms with van der Waals surface area (Å²) in [5.41, 5.74) is 3.78. The Kier molecular flexibility index (Phi) is 4.33. The second kappa shape index (κ2) is 6.57. The van der Waals surface area contributed by atoms with E-state index < -0.39 is 0 Å². The molecule has 0 aliphatic heterocycles. The summed E-state index contributed by atoms with van der Waals surface area (Å²) < 4.78 is 0. The predicted molar refractivity (Wildman–Crippen MR) is 95.1 cm³/mol. The highest BCUT2D eigenvalue weighted by molar-refractivity contribution is 6.08. The molecule has 1 heterocycles. The lowest BCUT2D eigenvalue weighted by molar-refractivity contribution is 0.0956. The number of carbonyl (C=O) groups is 1. The largest absolute Gasteiger partial charge is 0.373 e. The molecule has 3 aromatic rings. The summed E-state index contributed by atoms with van der Waals surface area (Å²) in [5.74, 6) is -0.0265. The quantitative estimate of drug-likeness (QED) is 0.759. The number of rotatable bonds is 5. The van der Waals surface area contributed by atoms with E-state index in [4.69, 9.17) is 0 Å². The number of benzene rings is 2. The average molecular weight is 307 g/mol. The maximum atomic E-state index is 12.5. The molecule has 0 fully saturated rings. The second-order valence-electron chi connectivity index (χ2n) is 5.68. The van der Waals surface area contributed by atoms with Crippen molar-refractivity contribution in [2.45, 2.75) is 6.92 Å². The number of hydrogen-bond acceptors (Lipinski definition) is 2. The molecular formula is C19H21N3O. The van der Waals surface area contributed by atoms with Crippen LogP contribution < -0.4 is 10.2 Å². The lowest BCUT2D eigenvalue weighted by Gasteiger charge is -2.19. The molecule has 0 atom stereocenters. The van der Waals surface area contributed by atoms with E-state index in [1.54, 1.807) is 0 Å². The third-order valence-corrected chi connectivity index (χ3v) is 4.05. The van der Waals surface area contributed by atoms with Crippen molar-refractivity contribution in [3.8, 4) is 0 Å². The molecular weight excluding hydrogens is 286 g/mol. The Hall–Kier alpha value is -2.75. The Morgan fingerprint density at radius 2 is 1.78 bits per heavy atom. The summed E-state index contributed by atoms with van der Waals surface area (Å²) in [5, 5.41) is 3.99. The fourth-order valence-electron chi connectivity index (χ4n) is 2.81. The third-order valence-electron chi connectivity index (χ3n) is 4.05. The van der Waals surface area contributed by atoms with E-state index >= 15 is 0 Å². The van der Waals surface area contributed by atoms with Gasteiger partial charge in [-0.2, -0.15) is 0 Å². The van der Waals surface area contributed by atoms with Gasteiger partial charge in [0.1, 0.15) is 0 Å². The molecule has 0 radical (unpaired) electrons. The van der Waals surface area contributed by atoms with Crippen LogP contribution in [0.1, 0.15) is 16.1 Å². The van der Waals surface area contributed by atoms with Gasteiger partial charge in [0.15, 0.2) is 0 Å². The fourth-order valence-corrected chi connectivity index (χ4v) is 2.81. The number of fused-ring (bicyclic) bond motifs is 1. The van der Waals surface area contributed by atoms with Gasteiger partial charge in [0.05, 0.1) is 5.56 Å². The van der Waals surface area contributed by atoms with Crippen LogP contribution >= 0.6 is 0 Å². The van der Waals surface area contributed by atoms with E-state index in [1.165, 1.54) is 0 Å². The topological polar surface area (TPSA) is 48.1 Å². The van der Waals surface area contributed by atoms with Crippen LogP contribution in [0.4, 0.5) is 5.69 Å². The molecule has 0 saturated heterocycles. The summed E-state index contributed by atoms with van der Waals surface area (Å²) in [6, 6.07) is 18.0. The maximum Gasteiger partial charge on any atom is 0.253 e. The number of hydrogen-bond donors (Lipinski definition) is 2. The number of likely N-dealkylation sites (N-methyl/N-ethyl adjacent to an activating group) is 1. The minimum Gasteiger partial charge on any atom is -0.373 e. The fraction of sp³-hybridized carbons (Fsp3) is 0.211. The van der Waals surface area contributed by atoms with Gasteiger partial charge in [0.2, 0.25) is 0 Å². The third kappa shape index (κ3) is 3.21. The van der Waals surface area contributed by atoms with Gasteiger partial charge in [0.25, 0.3) is 5.91 Å². The first-order valence-corrected chi connectivity index (χ1v) is 7.78. The molecule has 0 unspecified atom stereocenters. The number of anilines is 1. The molecule has 23 heavy (non-hydrogen) atoms. The number of aryl methyl sites for hydroxylation is 1. The van der Waals surface area contributed by atoms with E-state index in [2.05, 4.69) is 27.3 Å². The number of nitrogens with zero attached hydrogens (tertiary/aromatic N) is 1. The zero-order valence-corrected chi connectivity index (χ0v) is 13.5. The second-order valence-corrected chi connectivity index (χ2v) is 5.68. The Balaban J connectivity index is 1.64. The number of amides is 1. The zero-order valence-electron chi connectivity index (χ0n) is 13.5. The van der Waals surface area contributed by atoms with Crippen molar-refractivity contribution in [1.29, 1.82) is 0 Å². The van der Waals surface area contributed by atoms with Crippen LogP contribution in [-0.4, -0.2) is 31.0 Å². The van der Waals surface area contributed by atoms with Gasteiger partial charge in [-0.05, 0) is 25.1 Å². The Bertz CT molecular complexity index is 808. The normalized spacial score (nSPS) is 10.7. The van der Waals surface area contributed by atoms with E-state index in [9.17, 15) is 4.79 Å². The average Bonchev–Trinajstić information content (AvgIpc) is 2.91. The van der Waals surface area contributed by atoms with Gasteiger partial charge < -0.3 is 15.2 Å². The first-order valence-electron chi connectivity index (χ1n) is 7.78. The van der Waals surface area contributed by atoms with Crippen LogP contribution in [0.5, 0.6) is 0 Å². The minimum absolute atomic E-state index is 0.0265. The SMILES string of the molecule is Cc1[nH]c2ccccc2c1C(=O)NCCN(C)c1ccccc1. The van der Waals surface area contributed by atoms with Crippen LogP contribution in [0.15, 0.2) is 54.6 Å². The van der Waals surface area contributed by atoms with Gasteiger partial charge >= 0.3 is 0 Å². The Morgan fingerprint density at radius 1 is 1.09 bits per heavy atom. The standard InChI is InChI=1S/C19H21N3O/c1-14-18(16-10-6-7-11-17(16)21-14)19(23)20-12-13-22(2)15-8-4-3-5-9-15/h3-11,21H,12-13H2,1-2H3,(H,20,23). The highest BCUT2D eigenvalue weighted by Crippen LogP contribution is 2.21. The van der Waals surface area contributed by atoms with Crippen molar-refractivity contribution >= 4 is 22.5 Å². The first kappa shape index (κ1) is 15.2. The van der Waals surface area contributed by atoms with Gasteiger partial charge in [-0.1, -0.05) is 36.4 Å². The van der Waals surface area contributed by atoms with Crippen LogP contribution in [0, 0.1) is 6.92 Å². The smallest absolute Gasteiger partial charge is 0.253 e. The molecule has 1 aromatic heterocycles. The van der Waals surface area contributed by atoms with Crippen molar-refractivity contribution in [3.05, 3.63) is 65.9 Å². The van der Waals surface area contributed by atoms with Gasteiger partial charge in [-0.25, -0.2) is 0 Å². The number of para-hydroxylation sites is 2. The van der Waals surface area contributed by atoms with Crippen LogP contribution in [0.3, 0.4) is 0 Å². The van der Waals surface area contributed by atoms with Crippen molar-refractivity contribution < 1.29 is 4.79 Å². The molecule has 0 aliphatic carbocycles. The monoisotopic (exact) mass is 307 g/mol. The first-order chi connectivity index (χ1) is 11.2. The minimum atomic E-state index is -0.0265. The van der Waals surface area contributed by atoms with Crippen molar-refractivity contribution in [1.82, 2.24) is 10.3 Å². The summed E-state index contributed by atoms with van der Waals surface area (Å²) in [4.78, 5) is 17.9. The summed E-state index contributed by atoms with van der Waals surface area (Å²) in [7, 11) is 2.03. The number of aromatic nitrogens is 1. The maximum absolute atomic E-state index is 12.5. The molecule has 2 aromatic carbocycles.